The zero-order chi connectivity index (χ0) is 16.4. The van der Waals surface area contributed by atoms with Crippen molar-refractivity contribution in [3.05, 3.63) is 0 Å². The lowest BCUT2D eigenvalue weighted by Gasteiger charge is -2.35. The Morgan fingerprint density at radius 1 is 0.955 bits per heavy atom. The molecule has 132 valence electrons. The monoisotopic (exact) mass is 335 g/mol. The molecule has 0 aromatic heterocycles. The van der Waals surface area contributed by atoms with E-state index in [2.05, 4.69) is 18.7 Å². The van der Waals surface area contributed by atoms with Crippen LogP contribution in [0.5, 0.6) is 0 Å². The molecule has 7 heteroatoms. The third-order valence-corrected chi connectivity index (χ3v) is 6.79. The van der Waals surface area contributed by atoms with Crippen LogP contribution in [0.1, 0.15) is 26.7 Å². The Kier molecular flexibility index (Phi) is 9.73. The molecule has 1 aliphatic rings. The molecule has 22 heavy (non-hydrogen) atoms. The summed E-state index contributed by atoms with van der Waals surface area (Å²) in [5.74, 6) is 0. The van der Waals surface area contributed by atoms with E-state index < -0.39 is 8.80 Å². The largest absolute Gasteiger partial charge is 0.500 e. The number of morpholine rings is 1. The molecule has 2 unspecified atom stereocenters. The highest BCUT2D eigenvalue weighted by Gasteiger charge is 2.36. The second-order valence-electron chi connectivity index (χ2n) is 5.88. The zero-order valence-electron chi connectivity index (χ0n) is 14.8. The first-order valence-corrected chi connectivity index (χ1v) is 10.1. The second-order valence-corrected chi connectivity index (χ2v) is 8.97. The van der Waals surface area contributed by atoms with Crippen LogP contribution < -0.4 is 0 Å². The predicted octanol–water partition coefficient (Wildman–Crippen LogP) is 1.77. The quantitative estimate of drug-likeness (QED) is 0.424. The van der Waals surface area contributed by atoms with Gasteiger partial charge in [0, 0.05) is 60.2 Å². The minimum atomic E-state index is -2.43. The SMILES string of the molecule is CO[Si](CCCOCCCN1CC(C)OC(C)C1)(OC)OC. The van der Waals surface area contributed by atoms with E-state index in [1.165, 1.54) is 0 Å². The molecule has 0 amide bonds. The molecule has 0 aromatic rings. The van der Waals surface area contributed by atoms with E-state index in [1.54, 1.807) is 21.3 Å². The lowest BCUT2D eigenvalue weighted by atomic mass is 10.2. The van der Waals surface area contributed by atoms with Gasteiger partial charge in [0.1, 0.15) is 0 Å². The van der Waals surface area contributed by atoms with Crippen LogP contribution in [0.4, 0.5) is 0 Å². The molecule has 0 radical (unpaired) electrons. The fraction of sp³-hybridized carbons (Fsp3) is 1.00. The van der Waals surface area contributed by atoms with Gasteiger partial charge >= 0.3 is 8.80 Å². The fourth-order valence-corrected chi connectivity index (χ4v) is 4.60. The van der Waals surface area contributed by atoms with E-state index >= 15 is 0 Å². The molecule has 0 aliphatic carbocycles. The van der Waals surface area contributed by atoms with Crippen molar-refractivity contribution in [2.75, 3.05) is 54.2 Å². The summed E-state index contributed by atoms with van der Waals surface area (Å²) in [4.78, 5) is 2.46. The van der Waals surface area contributed by atoms with Crippen LogP contribution in [0.2, 0.25) is 6.04 Å². The predicted molar refractivity (Wildman–Crippen MR) is 88.1 cm³/mol. The third-order valence-electron chi connectivity index (χ3n) is 3.96. The van der Waals surface area contributed by atoms with Crippen molar-refractivity contribution in [1.82, 2.24) is 4.90 Å². The maximum absolute atomic E-state index is 5.73. The summed E-state index contributed by atoms with van der Waals surface area (Å²) in [6, 6.07) is 0.787. The highest BCUT2D eigenvalue weighted by Crippen LogP contribution is 2.15. The molecule has 1 fully saturated rings. The van der Waals surface area contributed by atoms with Crippen LogP contribution in [0.15, 0.2) is 0 Å². The molecule has 6 nitrogen and oxygen atoms in total. The summed E-state index contributed by atoms with van der Waals surface area (Å²) in [6.07, 6.45) is 2.62. The van der Waals surface area contributed by atoms with E-state index in [4.69, 9.17) is 22.8 Å². The number of hydrogen-bond acceptors (Lipinski definition) is 6. The molecule has 0 N–H and O–H groups in total. The Hall–Kier alpha value is -0.0231. The molecule has 1 rings (SSSR count). The molecule has 0 aromatic carbocycles. The zero-order valence-corrected chi connectivity index (χ0v) is 15.8. The Balaban J connectivity index is 2.04. The van der Waals surface area contributed by atoms with Crippen molar-refractivity contribution in [1.29, 1.82) is 0 Å². The van der Waals surface area contributed by atoms with Crippen molar-refractivity contribution in [3.63, 3.8) is 0 Å². The minimum Gasteiger partial charge on any atom is -0.381 e. The van der Waals surface area contributed by atoms with Crippen molar-refractivity contribution < 1.29 is 22.8 Å². The first-order chi connectivity index (χ1) is 10.5. The summed E-state index contributed by atoms with van der Waals surface area (Å²) in [5.41, 5.74) is 0. The molecular formula is C15H33NO5Si. The van der Waals surface area contributed by atoms with E-state index in [0.29, 0.717) is 12.2 Å². The first-order valence-electron chi connectivity index (χ1n) is 8.16. The highest BCUT2D eigenvalue weighted by molar-refractivity contribution is 6.60. The maximum Gasteiger partial charge on any atom is 0.500 e. The molecule has 1 aliphatic heterocycles. The van der Waals surface area contributed by atoms with Crippen LogP contribution in [0, 0.1) is 0 Å². The van der Waals surface area contributed by atoms with Gasteiger partial charge in [0.25, 0.3) is 0 Å². The molecule has 2 atom stereocenters. The summed E-state index contributed by atoms with van der Waals surface area (Å²) < 4.78 is 27.6. The summed E-state index contributed by atoms with van der Waals surface area (Å²) >= 11 is 0. The van der Waals surface area contributed by atoms with E-state index in [-0.39, 0.29) is 0 Å². The van der Waals surface area contributed by atoms with Crippen molar-refractivity contribution in [2.24, 2.45) is 0 Å². The van der Waals surface area contributed by atoms with Gasteiger partial charge in [0.05, 0.1) is 12.2 Å². The Bertz CT molecular complexity index is 273. The standard InChI is InChI=1S/C15H33NO5Si/c1-14-12-16(13-15(2)21-14)8-6-9-20-10-7-11-22(17-3,18-4)19-5/h14-15H,6-13H2,1-5H3. The Morgan fingerprint density at radius 3 is 2.05 bits per heavy atom. The van der Waals surface area contributed by atoms with E-state index in [0.717, 1.165) is 51.7 Å². The average molecular weight is 336 g/mol. The molecule has 1 saturated heterocycles. The van der Waals surface area contributed by atoms with E-state index in [1.807, 2.05) is 0 Å². The van der Waals surface area contributed by atoms with Crippen LogP contribution in [0.3, 0.4) is 0 Å². The number of hydrogen-bond donors (Lipinski definition) is 0. The van der Waals surface area contributed by atoms with Crippen LogP contribution >= 0.6 is 0 Å². The van der Waals surface area contributed by atoms with Crippen LogP contribution in [-0.4, -0.2) is 80.1 Å². The van der Waals surface area contributed by atoms with Crippen molar-refractivity contribution in [3.8, 4) is 0 Å². The minimum absolute atomic E-state index is 0.333. The van der Waals surface area contributed by atoms with Crippen molar-refractivity contribution in [2.45, 2.75) is 44.9 Å². The van der Waals surface area contributed by atoms with Gasteiger partial charge in [-0.1, -0.05) is 0 Å². The molecule has 0 spiro atoms. The fourth-order valence-electron chi connectivity index (χ4n) is 2.91. The topological polar surface area (TPSA) is 49.4 Å². The lowest BCUT2D eigenvalue weighted by molar-refractivity contribution is -0.0693. The van der Waals surface area contributed by atoms with Gasteiger partial charge in [-0.15, -0.1) is 0 Å². The smallest absolute Gasteiger partial charge is 0.381 e. The van der Waals surface area contributed by atoms with Gasteiger partial charge in [-0.25, -0.2) is 0 Å². The van der Waals surface area contributed by atoms with Gasteiger partial charge in [-0.05, 0) is 26.7 Å². The molecule has 1 heterocycles. The maximum atomic E-state index is 5.73. The first kappa shape index (κ1) is 20.0. The lowest BCUT2D eigenvalue weighted by Crippen LogP contribution is -2.45. The van der Waals surface area contributed by atoms with Crippen LogP contribution in [-0.2, 0) is 22.8 Å². The Labute approximate surface area is 136 Å². The number of rotatable bonds is 11. The van der Waals surface area contributed by atoms with Gasteiger partial charge < -0.3 is 22.8 Å². The average Bonchev–Trinajstić information content (AvgIpc) is 2.50. The highest BCUT2D eigenvalue weighted by atomic mass is 28.4. The summed E-state index contributed by atoms with van der Waals surface area (Å²) in [5, 5.41) is 0. The van der Waals surface area contributed by atoms with Gasteiger partial charge in [-0.2, -0.15) is 0 Å². The van der Waals surface area contributed by atoms with Gasteiger partial charge in [0.15, 0.2) is 0 Å². The third kappa shape index (κ3) is 7.04. The summed E-state index contributed by atoms with van der Waals surface area (Å²) in [6.45, 7) is 8.91. The molecular weight excluding hydrogens is 302 g/mol. The second kappa shape index (κ2) is 10.7. The summed E-state index contributed by atoms with van der Waals surface area (Å²) in [7, 11) is 2.50. The number of ether oxygens (including phenoxy) is 2. The van der Waals surface area contributed by atoms with Gasteiger partial charge in [-0.3, -0.25) is 4.90 Å². The van der Waals surface area contributed by atoms with Crippen molar-refractivity contribution >= 4 is 8.80 Å². The molecule has 0 saturated carbocycles. The molecule has 0 bridgehead atoms. The normalized spacial score (nSPS) is 23.9. The number of nitrogens with zero attached hydrogens (tertiary/aromatic N) is 1. The van der Waals surface area contributed by atoms with Crippen LogP contribution in [0.25, 0.3) is 0 Å². The van der Waals surface area contributed by atoms with E-state index in [9.17, 15) is 0 Å². The Morgan fingerprint density at radius 2 is 1.50 bits per heavy atom. The van der Waals surface area contributed by atoms with Gasteiger partial charge in [0.2, 0.25) is 0 Å².